The van der Waals surface area contributed by atoms with Gasteiger partial charge in [0.2, 0.25) is 0 Å². The summed E-state index contributed by atoms with van der Waals surface area (Å²) in [6.07, 6.45) is 1.88. The van der Waals surface area contributed by atoms with Crippen LogP contribution in [0.3, 0.4) is 0 Å². The lowest BCUT2D eigenvalue weighted by molar-refractivity contribution is -0.139. The minimum Gasteiger partial charge on any atom is -0.494 e. The Bertz CT molecular complexity index is 947. The van der Waals surface area contributed by atoms with E-state index in [1.54, 1.807) is 17.6 Å². The standard InChI is InChI=1S/C18H18N4O3/c1-12-8-9-22-16(10-12)19-14(11-17(23)25-3)18(22)21-20-13-6-4-5-7-15(13)24-2/h4-10H,11H2,1-3H3. The van der Waals surface area contributed by atoms with Gasteiger partial charge in [-0.25, -0.2) is 4.98 Å². The number of hydrogen-bond donors (Lipinski definition) is 0. The summed E-state index contributed by atoms with van der Waals surface area (Å²) in [6.45, 7) is 1.98. The van der Waals surface area contributed by atoms with E-state index in [2.05, 4.69) is 15.2 Å². The third-order valence-electron chi connectivity index (χ3n) is 3.70. The smallest absolute Gasteiger partial charge is 0.311 e. The van der Waals surface area contributed by atoms with Crippen LogP contribution < -0.4 is 4.74 Å². The summed E-state index contributed by atoms with van der Waals surface area (Å²) in [5.41, 5.74) is 2.87. The van der Waals surface area contributed by atoms with Crippen molar-refractivity contribution in [3.8, 4) is 5.75 Å². The lowest BCUT2D eigenvalue weighted by atomic mass is 10.3. The van der Waals surface area contributed by atoms with Crippen LogP contribution in [0.1, 0.15) is 11.3 Å². The summed E-state index contributed by atoms with van der Waals surface area (Å²) in [5.74, 6) is 0.727. The Labute approximate surface area is 144 Å². The highest BCUT2D eigenvalue weighted by Gasteiger charge is 2.16. The first kappa shape index (κ1) is 16.6. The zero-order valence-electron chi connectivity index (χ0n) is 14.3. The highest BCUT2D eigenvalue weighted by molar-refractivity contribution is 5.74. The van der Waals surface area contributed by atoms with E-state index in [0.29, 0.717) is 28.6 Å². The van der Waals surface area contributed by atoms with Crippen LogP contribution in [0.4, 0.5) is 11.5 Å². The predicted octanol–water partition coefficient (Wildman–Crippen LogP) is 3.78. The molecule has 0 unspecified atom stereocenters. The largest absolute Gasteiger partial charge is 0.494 e. The van der Waals surface area contributed by atoms with Gasteiger partial charge < -0.3 is 9.47 Å². The number of benzene rings is 1. The molecule has 0 aliphatic carbocycles. The number of carbonyl (C=O) groups excluding carboxylic acids is 1. The van der Waals surface area contributed by atoms with Crippen molar-refractivity contribution < 1.29 is 14.3 Å². The Balaban J connectivity index is 2.08. The lowest BCUT2D eigenvalue weighted by Gasteiger charge is -2.02. The molecule has 0 aliphatic rings. The monoisotopic (exact) mass is 338 g/mol. The number of carbonyl (C=O) groups is 1. The second-order valence-electron chi connectivity index (χ2n) is 5.44. The molecule has 0 saturated carbocycles. The highest BCUT2D eigenvalue weighted by Crippen LogP contribution is 2.30. The van der Waals surface area contributed by atoms with Gasteiger partial charge in [0.15, 0.2) is 5.82 Å². The quantitative estimate of drug-likeness (QED) is 0.524. The minimum atomic E-state index is -0.381. The number of methoxy groups -OCH3 is 2. The van der Waals surface area contributed by atoms with Crippen molar-refractivity contribution in [1.29, 1.82) is 0 Å². The average Bonchev–Trinajstić information content (AvgIpc) is 2.95. The maximum Gasteiger partial charge on any atom is 0.311 e. The Hall–Kier alpha value is -3.22. The van der Waals surface area contributed by atoms with Gasteiger partial charge >= 0.3 is 5.97 Å². The summed E-state index contributed by atoms with van der Waals surface area (Å²) in [6, 6.07) is 11.2. The number of rotatable bonds is 5. The molecule has 0 amide bonds. The van der Waals surface area contributed by atoms with E-state index in [9.17, 15) is 4.79 Å². The Morgan fingerprint density at radius 1 is 1.20 bits per heavy atom. The molecule has 0 radical (unpaired) electrons. The van der Waals surface area contributed by atoms with Crippen LogP contribution in [-0.2, 0) is 16.0 Å². The van der Waals surface area contributed by atoms with Crippen molar-refractivity contribution in [1.82, 2.24) is 9.38 Å². The predicted molar refractivity (Wildman–Crippen MR) is 92.8 cm³/mol. The van der Waals surface area contributed by atoms with Crippen LogP contribution in [0.25, 0.3) is 5.65 Å². The number of aryl methyl sites for hydroxylation is 1. The molecule has 0 saturated heterocycles. The summed E-state index contributed by atoms with van der Waals surface area (Å²) >= 11 is 0. The molecule has 7 nitrogen and oxygen atoms in total. The zero-order valence-corrected chi connectivity index (χ0v) is 14.3. The van der Waals surface area contributed by atoms with E-state index in [1.165, 1.54) is 7.11 Å². The molecule has 128 valence electrons. The van der Waals surface area contributed by atoms with E-state index in [4.69, 9.17) is 9.47 Å². The summed E-state index contributed by atoms with van der Waals surface area (Å²) < 4.78 is 11.8. The van der Waals surface area contributed by atoms with Crippen molar-refractivity contribution in [2.45, 2.75) is 13.3 Å². The van der Waals surface area contributed by atoms with Crippen LogP contribution in [0, 0.1) is 6.92 Å². The third-order valence-corrected chi connectivity index (χ3v) is 3.70. The normalized spacial score (nSPS) is 11.2. The van der Waals surface area contributed by atoms with Crippen molar-refractivity contribution in [3.63, 3.8) is 0 Å². The van der Waals surface area contributed by atoms with E-state index < -0.39 is 0 Å². The van der Waals surface area contributed by atoms with E-state index in [-0.39, 0.29) is 12.4 Å². The average molecular weight is 338 g/mol. The maximum absolute atomic E-state index is 11.7. The van der Waals surface area contributed by atoms with Gasteiger partial charge in [0, 0.05) is 6.20 Å². The topological polar surface area (TPSA) is 77.5 Å². The molecule has 7 heteroatoms. The van der Waals surface area contributed by atoms with Gasteiger partial charge in [-0.2, -0.15) is 0 Å². The minimum absolute atomic E-state index is 0.0253. The molecule has 0 aliphatic heterocycles. The van der Waals surface area contributed by atoms with Crippen molar-refractivity contribution in [2.24, 2.45) is 10.2 Å². The molecule has 0 fully saturated rings. The molecule has 0 atom stereocenters. The van der Waals surface area contributed by atoms with Crippen LogP contribution >= 0.6 is 0 Å². The van der Waals surface area contributed by atoms with Crippen LogP contribution in [0.2, 0.25) is 0 Å². The zero-order chi connectivity index (χ0) is 17.8. The molecule has 3 rings (SSSR count). The van der Waals surface area contributed by atoms with Gasteiger partial charge in [-0.3, -0.25) is 9.20 Å². The molecule has 1 aromatic carbocycles. The molecule has 2 heterocycles. The molecular formula is C18H18N4O3. The first-order chi connectivity index (χ1) is 12.1. The Kier molecular flexibility index (Phi) is 4.74. The number of para-hydroxylation sites is 1. The first-order valence-electron chi connectivity index (χ1n) is 7.71. The van der Waals surface area contributed by atoms with Crippen LogP contribution in [0.5, 0.6) is 5.75 Å². The van der Waals surface area contributed by atoms with Crippen molar-refractivity contribution >= 4 is 23.1 Å². The molecule has 0 spiro atoms. The molecule has 0 N–H and O–H groups in total. The number of ether oxygens (including phenoxy) is 2. The Morgan fingerprint density at radius 3 is 2.76 bits per heavy atom. The van der Waals surface area contributed by atoms with E-state index >= 15 is 0 Å². The van der Waals surface area contributed by atoms with Gasteiger partial charge in [-0.1, -0.05) is 12.1 Å². The Morgan fingerprint density at radius 2 is 2.00 bits per heavy atom. The fraction of sp³-hybridized carbons (Fsp3) is 0.222. The first-order valence-corrected chi connectivity index (χ1v) is 7.71. The number of fused-ring (bicyclic) bond motifs is 1. The van der Waals surface area contributed by atoms with Gasteiger partial charge in [0.25, 0.3) is 0 Å². The molecule has 0 bridgehead atoms. The second-order valence-corrected chi connectivity index (χ2v) is 5.44. The van der Waals surface area contributed by atoms with Crippen LogP contribution in [0.15, 0.2) is 52.8 Å². The van der Waals surface area contributed by atoms with Gasteiger partial charge in [0.05, 0.1) is 26.3 Å². The van der Waals surface area contributed by atoms with Crippen molar-refractivity contribution in [3.05, 3.63) is 53.9 Å². The second kappa shape index (κ2) is 7.12. The number of nitrogens with zero attached hydrogens (tertiary/aromatic N) is 4. The summed E-state index contributed by atoms with van der Waals surface area (Å²) in [7, 11) is 2.92. The van der Waals surface area contributed by atoms with Gasteiger partial charge in [-0.05, 0) is 36.8 Å². The molecule has 2 aromatic heterocycles. The maximum atomic E-state index is 11.7. The molecule has 3 aromatic rings. The van der Waals surface area contributed by atoms with Crippen molar-refractivity contribution in [2.75, 3.05) is 14.2 Å². The van der Waals surface area contributed by atoms with Crippen LogP contribution in [-0.4, -0.2) is 29.6 Å². The van der Waals surface area contributed by atoms with Gasteiger partial charge in [0.1, 0.15) is 17.1 Å². The fourth-order valence-corrected chi connectivity index (χ4v) is 2.43. The summed E-state index contributed by atoms with van der Waals surface area (Å²) in [4.78, 5) is 16.2. The summed E-state index contributed by atoms with van der Waals surface area (Å²) in [5, 5.41) is 8.60. The number of hydrogen-bond acceptors (Lipinski definition) is 6. The number of imidazole rings is 1. The SMILES string of the molecule is COC(=O)Cc1nc2cc(C)ccn2c1N=Nc1ccccc1OC. The molecule has 25 heavy (non-hydrogen) atoms. The highest BCUT2D eigenvalue weighted by atomic mass is 16.5. The van der Waals surface area contributed by atoms with E-state index in [0.717, 1.165) is 5.56 Å². The fourth-order valence-electron chi connectivity index (χ4n) is 2.43. The number of azo groups is 1. The number of esters is 1. The molecular weight excluding hydrogens is 320 g/mol. The van der Waals surface area contributed by atoms with E-state index in [1.807, 2.05) is 43.5 Å². The van der Waals surface area contributed by atoms with Gasteiger partial charge in [-0.15, -0.1) is 10.2 Å². The third kappa shape index (κ3) is 3.50. The number of pyridine rings is 1. The number of aromatic nitrogens is 2. The lowest BCUT2D eigenvalue weighted by Crippen LogP contribution is -2.04.